The molecular weight excluding hydrogens is 368 g/mol. The van der Waals surface area contributed by atoms with Crippen LogP contribution in [0.25, 0.3) is 27.7 Å². The van der Waals surface area contributed by atoms with Crippen molar-refractivity contribution >= 4 is 33.6 Å². The van der Waals surface area contributed by atoms with Crippen molar-refractivity contribution in [2.75, 3.05) is 13.1 Å². The van der Waals surface area contributed by atoms with Crippen LogP contribution in [0.15, 0.2) is 64.1 Å². The maximum atomic E-state index is 12.7. The van der Waals surface area contributed by atoms with Gasteiger partial charge < -0.3 is 14.3 Å². The molecule has 1 aliphatic rings. The van der Waals surface area contributed by atoms with E-state index in [1.807, 2.05) is 35.4 Å². The number of carbonyl (C=O) groups excluding carboxylic acids is 1. The summed E-state index contributed by atoms with van der Waals surface area (Å²) in [5, 5.41) is 1.10. The number of aromatic amines is 1. The maximum absolute atomic E-state index is 12.7. The van der Waals surface area contributed by atoms with E-state index in [-0.39, 0.29) is 12.3 Å². The zero-order valence-corrected chi connectivity index (χ0v) is 15.8. The van der Waals surface area contributed by atoms with Crippen LogP contribution < -0.4 is 5.76 Å². The molecule has 1 N–H and O–H groups in total. The number of nitrogens with zero attached hydrogens (tertiary/aromatic N) is 3. The Morgan fingerprint density at radius 2 is 2.10 bits per heavy atom. The minimum Gasteiger partial charge on any atom is -0.408 e. The molecule has 0 unspecified atom stereocenters. The lowest BCUT2D eigenvalue weighted by molar-refractivity contribution is -0.131. The molecule has 7 nitrogen and oxygen atoms in total. The molecule has 4 aromatic rings. The second-order valence-corrected chi connectivity index (χ2v) is 7.16. The standard InChI is InChI=1S/C22H20N4O3/c27-20(9-13-26-18-5-1-2-6-19(18)29-22(26)28)25-11-7-15(8-12-25)17-14-24-21-16(17)4-3-10-23-21/h1-7,10,14H,8-9,11-13H2,(H,23,24). The summed E-state index contributed by atoms with van der Waals surface area (Å²) >= 11 is 0. The van der Waals surface area contributed by atoms with Gasteiger partial charge in [0.2, 0.25) is 5.91 Å². The summed E-state index contributed by atoms with van der Waals surface area (Å²) in [5.74, 6) is -0.383. The Morgan fingerprint density at radius 1 is 1.21 bits per heavy atom. The van der Waals surface area contributed by atoms with E-state index >= 15 is 0 Å². The molecule has 0 saturated heterocycles. The normalized spacial score (nSPS) is 14.5. The third kappa shape index (κ3) is 3.14. The highest BCUT2D eigenvalue weighted by Gasteiger charge is 2.20. The molecule has 1 aliphatic heterocycles. The van der Waals surface area contributed by atoms with Crippen molar-refractivity contribution in [1.29, 1.82) is 0 Å². The molecule has 0 atom stereocenters. The number of aromatic nitrogens is 3. The molecule has 0 fully saturated rings. The molecule has 0 saturated carbocycles. The van der Waals surface area contributed by atoms with Gasteiger partial charge in [0, 0.05) is 49.4 Å². The molecule has 5 rings (SSSR count). The third-order valence-electron chi connectivity index (χ3n) is 5.48. The number of carbonyl (C=O) groups is 1. The Balaban J connectivity index is 1.27. The van der Waals surface area contributed by atoms with E-state index < -0.39 is 5.76 Å². The molecule has 1 aromatic carbocycles. The van der Waals surface area contributed by atoms with E-state index in [1.165, 1.54) is 10.1 Å². The molecule has 0 radical (unpaired) electrons. The minimum atomic E-state index is -0.423. The van der Waals surface area contributed by atoms with Crippen molar-refractivity contribution in [2.45, 2.75) is 19.4 Å². The monoisotopic (exact) mass is 388 g/mol. The fourth-order valence-corrected chi connectivity index (χ4v) is 3.95. The molecule has 0 spiro atoms. The van der Waals surface area contributed by atoms with Crippen molar-refractivity contribution in [3.63, 3.8) is 0 Å². The Kier molecular flexibility index (Phi) is 4.27. The summed E-state index contributed by atoms with van der Waals surface area (Å²) in [6, 6.07) is 11.2. The molecule has 0 aliphatic carbocycles. The second-order valence-electron chi connectivity index (χ2n) is 7.16. The van der Waals surface area contributed by atoms with Gasteiger partial charge in [-0.05, 0) is 36.3 Å². The maximum Gasteiger partial charge on any atom is 0.419 e. The van der Waals surface area contributed by atoms with Gasteiger partial charge in [0.15, 0.2) is 5.58 Å². The summed E-state index contributed by atoms with van der Waals surface area (Å²) in [4.78, 5) is 34.1. The SMILES string of the molecule is O=C(CCn1c(=O)oc2ccccc21)N1CC=C(c2c[nH]c3ncccc23)CC1. The first-order valence-corrected chi connectivity index (χ1v) is 9.68. The van der Waals surface area contributed by atoms with Crippen molar-refractivity contribution in [3.8, 4) is 0 Å². The summed E-state index contributed by atoms with van der Waals surface area (Å²) in [5.41, 5.74) is 4.52. The number of rotatable bonds is 4. The van der Waals surface area contributed by atoms with E-state index in [9.17, 15) is 9.59 Å². The van der Waals surface area contributed by atoms with Crippen LogP contribution in [0.5, 0.6) is 0 Å². The van der Waals surface area contributed by atoms with Crippen LogP contribution >= 0.6 is 0 Å². The summed E-state index contributed by atoms with van der Waals surface area (Å²) in [7, 11) is 0. The van der Waals surface area contributed by atoms with Gasteiger partial charge in [-0.15, -0.1) is 0 Å². The first kappa shape index (κ1) is 17.5. The van der Waals surface area contributed by atoms with Gasteiger partial charge >= 0.3 is 5.76 Å². The van der Waals surface area contributed by atoms with E-state index in [4.69, 9.17) is 4.42 Å². The van der Waals surface area contributed by atoms with Crippen molar-refractivity contribution in [1.82, 2.24) is 19.4 Å². The van der Waals surface area contributed by atoms with E-state index in [1.54, 1.807) is 12.3 Å². The number of hydrogen-bond donors (Lipinski definition) is 1. The number of pyridine rings is 1. The first-order valence-electron chi connectivity index (χ1n) is 9.68. The van der Waals surface area contributed by atoms with E-state index in [0.29, 0.717) is 25.2 Å². The van der Waals surface area contributed by atoms with Crippen LogP contribution in [-0.4, -0.2) is 38.4 Å². The summed E-state index contributed by atoms with van der Waals surface area (Å²) in [6.07, 6.45) is 6.92. The first-order chi connectivity index (χ1) is 14.2. The average molecular weight is 388 g/mol. The number of para-hydroxylation sites is 2. The van der Waals surface area contributed by atoms with Crippen LogP contribution in [0.4, 0.5) is 0 Å². The highest BCUT2D eigenvalue weighted by Crippen LogP contribution is 2.28. The molecule has 29 heavy (non-hydrogen) atoms. The van der Waals surface area contributed by atoms with E-state index in [2.05, 4.69) is 22.1 Å². The summed E-state index contributed by atoms with van der Waals surface area (Å²) in [6.45, 7) is 1.55. The lowest BCUT2D eigenvalue weighted by Gasteiger charge is -2.26. The highest BCUT2D eigenvalue weighted by atomic mass is 16.4. The number of aryl methyl sites for hydroxylation is 1. The van der Waals surface area contributed by atoms with Crippen molar-refractivity contribution in [2.24, 2.45) is 0 Å². The van der Waals surface area contributed by atoms with Gasteiger partial charge in [-0.3, -0.25) is 9.36 Å². The predicted molar refractivity (Wildman–Crippen MR) is 110 cm³/mol. The zero-order chi connectivity index (χ0) is 19.8. The lowest BCUT2D eigenvalue weighted by atomic mass is 9.99. The Bertz CT molecular complexity index is 1290. The fraction of sp³-hybridized carbons (Fsp3) is 0.227. The highest BCUT2D eigenvalue weighted by molar-refractivity contribution is 5.91. The van der Waals surface area contributed by atoms with Gasteiger partial charge in [0.25, 0.3) is 0 Å². The molecule has 1 amide bonds. The number of nitrogens with one attached hydrogen (secondary N) is 1. The van der Waals surface area contributed by atoms with Gasteiger partial charge in [-0.25, -0.2) is 9.78 Å². The van der Waals surface area contributed by atoms with Gasteiger partial charge in [0.05, 0.1) is 5.52 Å². The van der Waals surface area contributed by atoms with Gasteiger partial charge in [-0.1, -0.05) is 18.2 Å². The average Bonchev–Trinajstić information content (AvgIpc) is 3.32. The Hall–Kier alpha value is -3.61. The van der Waals surface area contributed by atoms with Crippen LogP contribution in [0, 0.1) is 0 Å². The topological polar surface area (TPSA) is 84.1 Å². The Morgan fingerprint density at radius 3 is 2.97 bits per heavy atom. The third-order valence-corrected chi connectivity index (χ3v) is 5.48. The van der Waals surface area contributed by atoms with Gasteiger partial charge in [-0.2, -0.15) is 0 Å². The molecule has 3 aromatic heterocycles. The minimum absolute atomic E-state index is 0.0399. The van der Waals surface area contributed by atoms with Crippen LogP contribution in [0.2, 0.25) is 0 Å². The molecule has 146 valence electrons. The number of benzene rings is 1. The number of hydrogen-bond acceptors (Lipinski definition) is 4. The van der Waals surface area contributed by atoms with Crippen LogP contribution in [0.3, 0.4) is 0 Å². The van der Waals surface area contributed by atoms with Crippen LogP contribution in [-0.2, 0) is 11.3 Å². The predicted octanol–water partition coefficient (Wildman–Crippen LogP) is 3.18. The number of fused-ring (bicyclic) bond motifs is 2. The zero-order valence-electron chi connectivity index (χ0n) is 15.8. The molecule has 7 heteroatoms. The summed E-state index contributed by atoms with van der Waals surface area (Å²) < 4.78 is 6.76. The van der Waals surface area contributed by atoms with Crippen molar-refractivity contribution in [3.05, 3.63) is 71.0 Å². The smallest absolute Gasteiger partial charge is 0.408 e. The van der Waals surface area contributed by atoms with Gasteiger partial charge in [0.1, 0.15) is 5.65 Å². The van der Waals surface area contributed by atoms with Crippen LogP contribution in [0.1, 0.15) is 18.4 Å². The lowest BCUT2D eigenvalue weighted by Crippen LogP contribution is -2.35. The molecular formula is C22H20N4O3. The fourth-order valence-electron chi connectivity index (χ4n) is 3.95. The number of H-pyrrole nitrogens is 1. The number of amides is 1. The number of oxazole rings is 1. The molecule has 4 heterocycles. The quantitative estimate of drug-likeness (QED) is 0.582. The second kappa shape index (κ2) is 7.09. The molecule has 0 bridgehead atoms. The Labute approximate surface area is 166 Å². The van der Waals surface area contributed by atoms with E-state index in [0.717, 1.165) is 28.5 Å². The van der Waals surface area contributed by atoms with Crippen molar-refractivity contribution < 1.29 is 9.21 Å². The largest absolute Gasteiger partial charge is 0.419 e.